The number of aromatic nitrogens is 5. The maximum absolute atomic E-state index is 14.9. The Balaban J connectivity index is 1.29. The summed E-state index contributed by atoms with van der Waals surface area (Å²) < 4.78 is 55.7. The Morgan fingerprint density at radius 3 is 2.59 bits per heavy atom. The lowest BCUT2D eigenvalue weighted by molar-refractivity contribution is -0.137. The number of nitrogens with zero attached hydrogens (tertiary/aromatic N) is 4. The second-order valence-electron chi connectivity index (χ2n) is 8.66. The van der Waals surface area contributed by atoms with E-state index in [1.807, 2.05) is 12.1 Å². The first kappa shape index (κ1) is 22.8. The number of pyridine rings is 2. The van der Waals surface area contributed by atoms with E-state index >= 15 is 0 Å². The number of nitrogens with one attached hydrogen (secondary N) is 2. The van der Waals surface area contributed by atoms with Crippen molar-refractivity contribution in [3.05, 3.63) is 102 Å². The van der Waals surface area contributed by atoms with E-state index in [2.05, 4.69) is 30.2 Å². The van der Waals surface area contributed by atoms with Gasteiger partial charge in [0.05, 0.1) is 16.6 Å². The van der Waals surface area contributed by atoms with E-state index in [-0.39, 0.29) is 18.8 Å². The maximum atomic E-state index is 14.9. The average molecular weight is 502 g/mol. The first-order valence-corrected chi connectivity index (χ1v) is 11.4. The smallest absolute Gasteiger partial charge is 0.366 e. The topological polar surface area (TPSA) is 79.4 Å². The highest BCUT2D eigenvalue weighted by Crippen LogP contribution is 2.34. The van der Waals surface area contributed by atoms with Gasteiger partial charge >= 0.3 is 6.18 Å². The summed E-state index contributed by atoms with van der Waals surface area (Å²) in [5, 5.41) is 4.87. The molecule has 0 fully saturated rings. The molecule has 0 amide bonds. The van der Waals surface area contributed by atoms with Gasteiger partial charge in [-0.3, -0.25) is 0 Å². The van der Waals surface area contributed by atoms with Crippen LogP contribution in [0, 0.1) is 5.95 Å². The number of halogens is 4. The summed E-state index contributed by atoms with van der Waals surface area (Å²) in [5.41, 5.74) is 2.53. The minimum absolute atomic E-state index is 0.0165. The molecule has 0 aliphatic rings. The van der Waals surface area contributed by atoms with Gasteiger partial charge in [0.25, 0.3) is 0 Å². The van der Waals surface area contributed by atoms with Crippen molar-refractivity contribution < 1.29 is 17.6 Å². The Kier molecular flexibility index (Phi) is 5.44. The Morgan fingerprint density at radius 2 is 1.76 bits per heavy atom. The SMILES string of the molecule is Fc1nc(NCc2cc(C(F)(F)F)cc3cc4ccccc4nc23)ccc1Cc1c[nH]c2ncncc12. The third kappa shape index (κ3) is 4.42. The normalized spacial score (nSPS) is 12.0. The standard InChI is InChI=1S/C27H18F4N6/c28-25-16(8-18-11-34-26-21(18)13-32-14-35-26)5-6-23(37-25)33-12-19-10-20(27(29,30)31)9-17-7-15-3-1-2-4-22(15)36-24(17)19/h1-7,9-11,13-14H,8,12H2,(H,33,37)(H,32,34,35). The molecule has 0 aliphatic heterocycles. The molecule has 184 valence electrons. The van der Waals surface area contributed by atoms with Gasteiger partial charge in [-0.2, -0.15) is 17.6 Å². The molecule has 0 atom stereocenters. The molecule has 0 saturated heterocycles. The van der Waals surface area contributed by atoms with Gasteiger partial charge in [-0.25, -0.2) is 19.9 Å². The molecular weight excluding hydrogens is 484 g/mol. The highest BCUT2D eigenvalue weighted by Gasteiger charge is 2.31. The van der Waals surface area contributed by atoms with Gasteiger partial charge in [0.1, 0.15) is 17.8 Å². The number of benzene rings is 2. The van der Waals surface area contributed by atoms with Crippen LogP contribution in [-0.4, -0.2) is 24.9 Å². The molecule has 6 aromatic rings. The summed E-state index contributed by atoms with van der Waals surface area (Å²) in [6, 6.07) is 14.3. The Morgan fingerprint density at radius 1 is 0.892 bits per heavy atom. The molecule has 2 N–H and O–H groups in total. The predicted octanol–water partition coefficient (Wildman–Crippen LogP) is 6.42. The average Bonchev–Trinajstić information content (AvgIpc) is 3.29. The number of para-hydroxylation sites is 1. The molecule has 10 heteroatoms. The van der Waals surface area contributed by atoms with Crippen LogP contribution in [-0.2, 0) is 19.1 Å². The van der Waals surface area contributed by atoms with E-state index in [0.717, 1.165) is 28.5 Å². The molecule has 4 heterocycles. The van der Waals surface area contributed by atoms with E-state index in [4.69, 9.17) is 0 Å². The third-order valence-corrected chi connectivity index (χ3v) is 6.23. The van der Waals surface area contributed by atoms with Crippen molar-refractivity contribution >= 4 is 38.7 Å². The number of fused-ring (bicyclic) bond motifs is 3. The van der Waals surface area contributed by atoms with E-state index in [1.54, 1.807) is 42.7 Å². The largest absolute Gasteiger partial charge is 0.416 e. The Bertz CT molecular complexity index is 1780. The summed E-state index contributed by atoms with van der Waals surface area (Å²) in [4.78, 5) is 19.8. The number of hydrogen-bond acceptors (Lipinski definition) is 5. The van der Waals surface area contributed by atoms with Gasteiger partial charge in [0, 0.05) is 47.1 Å². The molecule has 0 unspecified atom stereocenters. The zero-order chi connectivity index (χ0) is 25.6. The van der Waals surface area contributed by atoms with Crippen molar-refractivity contribution in [2.45, 2.75) is 19.1 Å². The van der Waals surface area contributed by atoms with Crippen LogP contribution in [0.1, 0.15) is 22.3 Å². The van der Waals surface area contributed by atoms with Crippen LogP contribution in [0.2, 0.25) is 0 Å². The van der Waals surface area contributed by atoms with E-state index in [0.29, 0.717) is 33.2 Å². The van der Waals surface area contributed by atoms with Crippen molar-refractivity contribution in [2.75, 3.05) is 5.32 Å². The van der Waals surface area contributed by atoms with Crippen LogP contribution in [0.3, 0.4) is 0 Å². The van der Waals surface area contributed by atoms with Crippen molar-refractivity contribution in [1.82, 2.24) is 24.9 Å². The van der Waals surface area contributed by atoms with Crippen LogP contribution >= 0.6 is 0 Å². The molecular formula is C27H18F4N6. The quantitative estimate of drug-likeness (QED) is 0.162. The van der Waals surface area contributed by atoms with Crippen LogP contribution in [0.15, 0.2) is 73.3 Å². The molecule has 6 rings (SSSR count). The lowest BCUT2D eigenvalue weighted by Crippen LogP contribution is -2.09. The molecule has 0 bridgehead atoms. The van der Waals surface area contributed by atoms with Gasteiger partial charge in [-0.05, 0) is 41.5 Å². The lowest BCUT2D eigenvalue weighted by Gasteiger charge is -2.14. The first-order valence-electron chi connectivity index (χ1n) is 11.4. The predicted molar refractivity (Wildman–Crippen MR) is 132 cm³/mol. The fourth-order valence-corrected chi connectivity index (χ4v) is 4.41. The molecule has 0 aliphatic carbocycles. The second-order valence-corrected chi connectivity index (χ2v) is 8.66. The van der Waals surface area contributed by atoms with E-state index < -0.39 is 17.7 Å². The second kappa shape index (κ2) is 8.81. The molecule has 0 saturated carbocycles. The monoisotopic (exact) mass is 502 g/mol. The summed E-state index contributed by atoms with van der Waals surface area (Å²) in [6.07, 6.45) is 0.596. The molecule has 4 aromatic heterocycles. The molecule has 37 heavy (non-hydrogen) atoms. The van der Waals surface area contributed by atoms with Gasteiger partial charge in [0.15, 0.2) is 0 Å². The maximum Gasteiger partial charge on any atom is 0.416 e. The zero-order valence-electron chi connectivity index (χ0n) is 19.1. The summed E-state index contributed by atoms with van der Waals surface area (Å²) in [5.74, 6) is -0.468. The third-order valence-electron chi connectivity index (χ3n) is 6.23. The van der Waals surface area contributed by atoms with E-state index in [9.17, 15) is 17.6 Å². The van der Waals surface area contributed by atoms with Crippen molar-refractivity contribution in [3.63, 3.8) is 0 Å². The number of rotatable bonds is 5. The minimum Gasteiger partial charge on any atom is -0.366 e. The highest BCUT2D eigenvalue weighted by molar-refractivity contribution is 5.94. The molecule has 2 aromatic carbocycles. The Labute approximate surface area is 207 Å². The molecule has 6 nitrogen and oxygen atoms in total. The fourth-order valence-electron chi connectivity index (χ4n) is 4.41. The summed E-state index contributed by atoms with van der Waals surface area (Å²) in [7, 11) is 0. The zero-order valence-corrected chi connectivity index (χ0v) is 19.1. The van der Waals surface area contributed by atoms with Gasteiger partial charge in [-0.1, -0.05) is 24.3 Å². The van der Waals surface area contributed by atoms with Crippen molar-refractivity contribution in [1.29, 1.82) is 0 Å². The molecule has 0 spiro atoms. The summed E-state index contributed by atoms with van der Waals surface area (Å²) >= 11 is 0. The van der Waals surface area contributed by atoms with Crippen LogP contribution in [0.4, 0.5) is 23.4 Å². The minimum atomic E-state index is -4.52. The first-order chi connectivity index (χ1) is 17.8. The number of H-pyrrole nitrogens is 1. The van der Waals surface area contributed by atoms with Crippen molar-refractivity contribution in [3.8, 4) is 0 Å². The van der Waals surface area contributed by atoms with Crippen molar-refractivity contribution in [2.24, 2.45) is 0 Å². The number of anilines is 1. The summed E-state index contributed by atoms with van der Waals surface area (Å²) in [6.45, 7) is -0.0165. The van der Waals surface area contributed by atoms with Crippen LogP contribution < -0.4 is 5.32 Å². The Hall–Kier alpha value is -4.60. The van der Waals surface area contributed by atoms with E-state index in [1.165, 1.54) is 6.33 Å². The van der Waals surface area contributed by atoms with Crippen LogP contribution in [0.5, 0.6) is 0 Å². The molecule has 0 radical (unpaired) electrons. The number of aromatic amines is 1. The van der Waals surface area contributed by atoms with Gasteiger partial charge < -0.3 is 10.3 Å². The number of alkyl halides is 3. The van der Waals surface area contributed by atoms with Crippen LogP contribution in [0.25, 0.3) is 32.8 Å². The highest BCUT2D eigenvalue weighted by atomic mass is 19.4. The van der Waals surface area contributed by atoms with Gasteiger partial charge in [0.2, 0.25) is 5.95 Å². The fraction of sp³-hybridized carbons (Fsp3) is 0.111. The lowest BCUT2D eigenvalue weighted by atomic mass is 10.0. The number of hydrogen-bond donors (Lipinski definition) is 2. The van der Waals surface area contributed by atoms with Gasteiger partial charge in [-0.15, -0.1) is 0 Å².